The monoisotopic (exact) mass is 120 g/mol. The van der Waals surface area contributed by atoms with Crippen molar-refractivity contribution in [3.63, 3.8) is 0 Å². The van der Waals surface area contributed by atoms with E-state index in [0.29, 0.717) is 5.12 Å². The van der Waals surface area contributed by atoms with Crippen LogP contribution in [0.3, 0.4) is 0 Å². The highest BCUT2D eigenvalue weighted by atomic mass is 19.2. The summed E-state index contributed by atoms with van der Waals surface area (Å²) in [4.78, 5) is 0. The zero-order chi connectivity index (χ0) is 6.78. The van der Waals surface area contributed by atoms with Gasteiger partial charge in [0.15, 0.2) is 0 Å². The first kappa shape index (κ1) is 7.85. The van der Waals surface area contributed by atoms with Crippen molar-refractivity contribution in [1.29, 1.82) is 0 Å². The van der Waals surface area contributed by atoms with E-state index in [1.165, 1.54) is 7.05 Å². The van der Waals surface area contributed by atoms with Crippen molar-refractivity contribution in [3.05, 3.63) is 0 Å². The average Bonchev–Trinajstić information content (AvgIpc) is 1.21. The van der Waals surface area contributed by atoms with Crippen molar-refractivity contribution in [3.8, 4) is 0 Å². The van der Waals surface area contributed by atoms with Crippen LogP contribution in [0.25, 0.3) is 0 Å². The number of hydrogen-bond acceptors (Lipinski definition) is 2. The summed E-state index contributed by atoms with van der Waals surface area (Å²) < 4.78 is 12.0. The zero-order valence-electron chi connectivity index (χ0n) is 5.61. The first-order valence-corrected chi connectivity index (χ1v) is 2.57. The van der Waals surface area contributed by atoms with E-state index < -0.39 is 5.54 Å². The van der Waals surface area contributed by atoms with Crippen LogP contribution in [0.15, 0.2) is 0 Å². The lowest BCUT2D eigenvalue weighted by molar-refractivity contribution is 0.0400. The third-order valence-electron chi connectivity index (χ3n) is 0.625. The molecule has 0 aliphatic carbocycles. The van der Waals surface area contributed by atoms with Gasteiger partial charge in [0.1, 0.15) is 0 Å². The molecule has 0 fully saturated rings. The Morgan fingerprint density at radius 3 is 2.00 bits per heavy atom. The summed E-state index contributed by atoms with van der Waals surface area (Å²) >= 11 is 0. The van der Waals surface area contributed by atoms with Crippen LogP contribution in [0, 0.1) is 0 Å². The molecule has 0 atom stereocenters. The topological polar surface area (TPSA) is 29.3 Å². The van der Waals surface area contributed by atoms with Gasteiger partial charge in [-0.3, -0.25) is 0 Å². The Balaban J connectivity index is 3.39. The maximum absolute atomic E-state index is 12.0. The van der Waals surface area contributed by atoms with Crippen LogP contribution in [0.2, 0.25) is 0 Å². The van der Waals surface area contributed by atoms with E-state index >= 15 is 0 Å². The predicted molar refractivity (Wildman–Crippen MR) is 32.0 cm³/mol. The van der Waals surface area contributed by atoms with E-state index in [1.54, 1.807) is 13.8 Å². The molecule has 0 bridgehead atoms. The molecule has 0 heterocycles. The summed E-state index contributed by atoms with van der Waals surface area (Å²) in [7, 11) is 1.36. The number of nitrogens with zero attached hydrogens (tertiary/aromatic N) is 1. The van der Waals surface area contributed by atoms with Crippen LogP contribution in [-0.4, -0.2) is 24.3 Å². The largest absolute Gasteiger partial charge is 0.324 e. The minimum Gasteiger partial charge on any atom is -0.324 e. The van der Waals surface area contributed by atoms with Gasteiger partial charge in [0.05, 0.1) is 0 Å². The highest BCUT2D eigenvalue weighted by Gasteiger charge is 2.12. The van der Waals surface area contributed by atoms with Crippen LogP contribution in [0.4, 0.5) is 4.48 Å². The third-order valence-corrected chi connectivity index (χ3v) is 0.625. The summed E-state index contributed by atoms with van der Waals surface area (Å²) in [5.41, 5.74) is 5.03. The SMILES string of the molecule is CN(F)CC(C)(C)N. The molecule has 2 nitrogen and oxygen atoms in total. The molecule has 50 valence electrons. The van der Waals surface area contributed by atoms with E-state index in [4.69, 9.17) is 5.73 Å². The van der Waals surface area contributed by atoms with Gasteiger partial charge >= 0.3 is 0 Å². The van der Waals surface area contributed by atoms with E-state index in [2.05, 4.69) is 0 Å². The van der Waals surface area contributed by atoms with E-state index in [0.717, 1.165) is 0 Å². The van der Waals surface area contributed by atoms with Gasteiger partial charge in [-0.25, -0.2) is 0 Å². The fourth-order valence-corrected chi connectivity index (χ4v) is 0.562. The molecular formula is C5H13FN2. The van der Waals surface area contributed by atoms with Gasteiger partial charge in [0, 0.05) is 19.1 Å². The number of hydrogen-bond donors (Lipinski definition) is 1. The predicted octanol–water partition coefficient (Wildman–Crippen LogP) is 0.540. The molecule has 0 rings (SSSR count). The molecule has 3 heteroatoms. The molecular weight excluding hydrogens is 107 g/mol. The zero-order valence-corrected chi connectivity index (χ0v) is 5.61. The van der Waals surface area contributed by atoms with Crippen molar-refractivity contribution >= 4 is 0 Å². The molecule has 0 saturated heterocycles. The van der Waals surface area contributed by atoms with E-state index in [9.17, 15) is 4.48 Å². The molecule has 0 aliphatic heterocycles. The lowest BCUT2D eigenvalue weighted by Crippen LogP contribution is -2.41. The minimum absolute atomic E-state index is 0.271. The number of halogens is 1. The molecule has 0 unspecified atom stereocenters. The molecule has 0 radical (unpaired) electrons. The second kappa shape index (κ2) is 2.42. The van der Waals surface area contributed by atoms with Gasteiger partial charge in [0.25, 0.3) is 0 Å². The Labute approximate surface area is 49.4 Å². The minimum atomic E-state index is -0.427. The first-order chi connectivity index (χ1) is 3.42. The molecule has 0 saturated carbocycles. The maximum atomic E-state index is 12.0. The molecule has 0 aromatic carbocycles. The van der Waals surface area contributed by atoms with Crippen molar-refractivity contribution < 1.29 is 4.48 Å². The summed E-state index contributed by atoms with van der Waals surface area (Å²) in [6.07, 6.45) is 0. The smallest absolute Gasteiger partial charge is 0.0462 e. The van der Waals surface area contributed by atoms with Gasteiger partial charge in [-0.1, -0.05) is 0 Å². The summed E-state index contributed by atoms with van der Waals surface area (Å²) in [6.45, 7) is 3.83. The molecule has 2 N–H and O–H groups in total. The summed E-state index contributed by atoms with van der Waals surface area (Å²) in [5, 5.41) is 0.583. The van der Waals surface area contributed by atoms with E-state index in [-0.39, 0.29) is 6.54 Å². The third kappa shape index (κ3) is 5.85. The molecule has 0 aromatic heterocycles. The lowest BCUT2D eigenvalue weighted by atomic mass is 10.1. The van der Waals surface area contributed by atoms with E-state index in [1.807, 2.05) is 0 Å². The second-order valence-electron chi connectivity index (χ2n) is 2.75. The number of likely N-dealkylation sites (N-methyl/N-ethyl adjacent to an activating group) is 1. The van der Waals surface area contributed by atoms with Crippen LogP contribution >= 0.6 is 0 Å². The summed E-state index contributed by atoms with van der Waals surface area (Å²) in [6, 6.07) is 0. The Hall–Kier alpha value is -0.150. The van der Waals surface area contributed by atoms with Crippen LogP contribution in [0.5, 0.6) is 0 Å². The molecule has 8 heavy (non-hydrogen) atoms. The fraction of sp³-hybridized carbons (Fsp3) is 1.00. The molecule has 0 aliphatic rings. The van der Waals surface area contributed by atoms with Gasteiger partial charge in [0.2, 0.25) is 0 Å². The number of nitrogens with two attached hydrogens (primary N) is 1. The van der Waals surface area contributed by atoms with Gasteiger partial charge in [-0.2, -0.15) is 0 Å². The van der Waals surface area contributed by atoms with Gasteiger partial charge < -0.3 is 5.73 Å². The first-order valence-electron chi connectivity index (χ1n) is 2.57. The average molecular weight is 120 g/mol. The number of rotatable bonds is 2. The van der Waals surface area contributed by atoms with Crippen molar-refractivity contribution in [2.24, 2.45) is 5.73 Å². The highest BCUT2D eigenvalue weighted by Crippen LogP contribution is 1.98. The molecule has 0 spiro atoms. The van der Waals surface area contributed by atoms with Gasteiger partial charge in [-0.05, 0) is 13.8 Å². The van der Waals surface area contributed by atoms with Crippen molar-refractivity contribution in [2.45, 2.75) is 19.4 Å². The Morgan fingerprint density at radius 1 is 1.62 bits per heavy atom. The second-order valence-corrected chi connectivity index (χ2v) is 2.75. The van der Waals surface area contributed by atoms with Gasteiger partial charge in [-0.15, -0.1) is 9.60 Å². The quantitative estimate of drug-likeness (QED) is 0.539. The van der Waals surface area contributed by atoms with Crippen LogP contribution in [0.1, 0.15) is 13.8 Å². The van der Waals surface area contributed by atoms with Crippen molar-refractivity contribution in [1.82, 2.24) is 5.12 Å². The van der Waals surface area contributed by atoms with Crippen molar-refractivity contribution in [2.75, 3.05) is 13.6 Å². The Morgan fingerprint density at radius 2 is 2.00 bits per heavy atom. The Kier molecular flexibility index (Phi) is 2.37. The summed E-state index contributed by atoms with van der Waals surface area (Å²) in [5.74, 6) is 0. The Bertz CT molecular complexity index is 65.3. The maximum Gasteiger partial charge on any atom is 0.0462 e. The van der Waals surface area contributed by atoms with Crippen LogP contribution in [-0.2, 0) is 0 Å². The normalized spacial score (nSPS) is 12.8. The van der Waals surface area contributed by atoms with Crippen LogP contribution < -0.4 is 5.73 Å². The molecule has 0 aromatic rings. The lowest BCUT2D eigenvalue weighted by Gasteiger charge is -2.19. The molecule has 0 amide bonds. The standard InChI is InChI=1S/C5H13FN2/c1-5(2,7)4-8(3)6/h4,7H2,1-3H3. The fourth-order valence-electron chi connectivity index (χ4n) is 0.562. The highest BCUT2D eigenvalue weighted by molar-refractivity contribution is 4.72.